The quantitative estimate of drug-likeness (QED) is 0.315. The summed E-state index contributed by atoms with van der Waals surface area (Å²) >= 11 is 0. The third-order valence-electron chi connectivity index (χ3n) is 5.12. The molecular weight excluding hydrogens is 324 g/mol. The van der Waals surface area contributed by atoms with Gasteiger partial charge in [0.25, 0.3) is 0 Å². The summed E-state index contributed by atoms with van der Waals surface area (Å²) in [4.78, 5) is 0. The van der Waals surface area contributed by atoms with Crippen molar-refractivity contribution >= 4 is 0 Å². The van der Waals surface area contributed by atoms with E-state index < -0.39 is 0 Å². The zero-order valence-electron chi connectivity index (χ0n) is 18.4. The first-order chi connectivity index (χ1) is 12.8. The minimum Gasteiger partial charge on any atom is -0.0874 e. The van der Waals surface area contributed by atoms with Gasteiger partial charge in [0.1, 0.15) is 0 Å². The second-order valence-electron chi connectivity index (χ2n) is 8.29. The molecule has 1 atom stereocenters. The Hall–Kier alpha value is -2.08. The predicted octanol–water partition coefficient (Wildman–Crippen LogP) is 8.45. The first-order valence-corrected chi connectivity index (χ1v) is 10.1. The Labute approximate surface area is 168 Å². The van der Waals surface area contributed by atoms with Gasteiger partial charge < -0.3 is 0 Å². The van der Waals surface area contributed by atoms with Gasteiger partial charge in [0, 0.05) is 5.92 Å². The van der Waals surface area contributed by atoms with Crippen LogP contribution in [0.3, 0.4) is 0 Å². The second kappa shape index (κ2) is 11.6. The van der Waals surface area contributed by atoms with Crippen LogP contribution < -0.4 is 0 Å². The first kappa shape index (κ1) is 23.0. The van der Waals surface area contributed by atoms with E-state index in [1.165, 1.54) is 35.1 Å². The largest absolute Gasteiger partial charge is 0.0874 e. The molecule has 0 nitrogen and oxygen atoms in total. The molecule has 0 aromatic carbocycles. The summed E-state index contributed by atoms with van der Waals surface area (Å²) in [6.45, 7) is 15.5. The Bertz CT molecular complexity index is 709. The zero-order chi connectivity index (χ0) is 20.3. The van der Waals surface area contributed by atoms with Crippen molar-refractivity contribution in [3.05, 3.63) is 95.2 Å². The highest BCUT2D eigenvalue weighted by atomic mass is 14.3. The zero-order valence-corrected chi connectivity index (χ0v) is 18.4. The Morgan fingerprint density at radius 3 is 2.04 bits per heavy atom. The van der Waals surface area contributed by atoms with E-state index in [9.17, 15) is 0 Å². The van der Waals surface area contributed by atoms with E-state index in [4.69, 9.17) is 0 Å². The van der Waals surface area contributed by atoms with Crippen molar-refractivity contribution < 1.29 is 0 Å². The van der Waals surface area contributed by atoms with Crippen LogP contribution in [0.25, 0.3) is 0 Å². The molecule has 0 aromatic rings. The maximum Gasteiger partial charge on any atom is 0.00285 e. The number of hydrogen-bond acceptors (Lipinski definition) is 0. The van der Waals surface area contributed by atoms with Crippen LogP contribution in [0.4, 0.5) is 0 Å². The van der Waals surface area contributed by atoms with Gasteiger partial charge in [0.2, 0.25) is 0 Å². The molecule has 0 bridgehead atoms. The molecule has 0 saturated heterocycles. The van der Waals surface area contributed by atoms with Crippen LogP contribution in [-0.2, 0) is 0 Å². The van der Waals surface area contributed by atoms with Gasteiger partial charge in [-0.1, -0.05) is 109 Å². The molecule has 0 spiro atoms. The van der Waals surface area contributed by atoms with E-state index in [1.54, 1.807) is 0 Å². The fourth-order valence-electron chi connectivity index (χ4n) is 3.43. The molecule has 0 heteroatoms. The Balaban J connectivity index is 2.66. The fourth-order valence-corrected chi connectivity index (χ4v) is 3.43. The average Bonchev–Trinajstić information content (AvgIpc) is 2.58. The van der Waals surface area contributed by atoms with Crippen molar-refractivity contribution in [2.24, 2.45) is 11.3 Å². The third-order valence-corrected chi connectivity index (χ3v) is 5.12. The lowest BCUT2D eigenvalue weighted by Gasteiger charge is -2.36. The average molecular weight is 363 g/mol. The smallest absolute Gasteiger partial charge is 0.00285 e. The van der Waals surface area contributed by atoms with Crippen molar-refractivity contribution in [3.63, 3.8) is 0 Å². The molecule has 0 amide bonds. The molecule has 0 unspecified atom stereocenters. The van der Waals surface area contributed by atoms with Crippen LogP contribution in [0.2, 0.25) is 0 Å². The van der Waals surface area contributed by atoms with Gasteiger partial charge in [-0.05, 0) is 52.9 Å². The summed E-state index contributed by atoms with van der Waals surface area (Å²) in [6.07, 6.45) is 28.6. The number of rotatable bonds is 7. The Kier molecular flexibility index (Phi) is 9.86. The van der Waals surface area contributed by atoms with Crippen LogP contribution in [-0.4, -0.2) is 0 Å². The topological polar surface area (TPSA) is 0 Å². The van der Waals surface area contributed by atoms with Crippen LogP contribution in [0, 0.1) is 11.3 Å². The number of allylic oxidation sites excluding steroid dienone is 16. The summed E-state index contributed by atoms with van der Waals surface area (Å²) in [5.41, 5.74) is 5.65. The minimum absolute atomic E-state index is 0.358. The molecule has 146 valence electrons. The highest BCUT2D eigenvalue weighted by Crippen LogP contribution is 2.41. The van der Waals surface area contributed by atoms with E-state index >= 15 is 0 Å². The fraction of sp³-hybridized carbons (Fsp3) is 0.407. The molecule has 1 aliphatic rings. The SMILES string of the molecule is C/C=C/C(C)=C/C=C/C=C(C)/C=C/C=C(C)/C=C/[C@H]1C(C)=CCCC1(C)C. The van der Waals surface area contributed by atoms with E-state index in [2.05, 4.69) is 114 Å². The first-order valence-electron chi connectivity index (χ1n) is 10.1. The highest BCUT2D eigenvalue weighted by molar-refractivity contribution is 5.31. The predicted molar refractivity (Wildman–Crippen MR) is 124 cm³/mol. The van der Waals surface area contributed by atoms with Crippen molar-refractivity contribution in [1.82, 2.24) is 0 Å². The maximum absolute atomic E-state index is 2.40. The molecule has 0 aromatic heterocycles. The molecule has 1 rings (SSSR count). The minimum atomic E-state index is 0.358. The molecule has 0 fully saturated rings. The molecule has 0 aliphatic heterocycles. The molecule has 0 saturated carbocycles. The summed E-state index contributed by atoms with van der Waals surface area (Å²) in [5, 5.41) is 0. The van der Waals surface area contributed by atoms with Crippen molar-refractivity contribution in [3.8, 4) is 0 Å². The van der Waals surface area contributed by atoms with Crippen LogP contribution in [0.1, 0.15) is 61.3 Å². The van der Waals surface area contributed by atoms with Gasteiger partial charge in [0.15, 0.2) is 0 Å². The third kappa shape index (κ3) is 8.91. The van der Waals surface area contributed by atoms with Gasteiger partial charge in [-0.25, -0.2) is 0 Å². The van der Waals surface area contributed by atoms with Gasteiger partial charge in [0.05, 0.1) is 0 Å². The lowest BCUT2D eigenvalue weighted by atomic mass is 9.68. The van der Waals surface area contributed by atoms with Gasteiger partial charge in [-0.3, -0.25) is 0 Å². The van der Waals surface area contributed by atoms with Crippen LogP contribution >= 0.6 is 0 Å². The normalized spacial score (nSPS) is 22.6. The summed E-state index contributed by atoms with van der Waals surface area (Å²) in [6, 6.07) is 0. The van der Waals surface area contributed by atoms with Crippen molar-refractivity contribution in [1.29, 1.82) is 0 Å². The van der Waals surface area contributed by atoms with Crippen molar-refractivity contribution in [2.45, 2.75) is 61.3 Å². The van der Waals surface area contributed by atoms with E-state index in [1.807, 2.05) is 6.92 Å². The molecule has 0 heterocycles. The summed E-state index contributed by atoms with van der Waals surface area (Å²) in [5.74, 6) is 0.546. The molecule has 0 N–H and O–H groups in total. The molecule has 0 radical (unpaired) electrons. The summed E-state index contributed by atoms with van der Waals surface area (Å²) < 4.78 is 0. The summed E-state index contributed by atoms with van der Waals surface area (Å²) in [7, 11) is 0. The van der Waals surface area contributed by atoms with Gasteiger partial charge in [-0.2, -0.15) is 0 Å². The van der Waals surface area contributed by atoms with E-state index in [0.717, 1.165) is 0 Å². The molecular formula is C27H38. The van der Waals surface area contributed by atoms with Gasteiger partial charge in [-0.15, -0.1) is 0 Å². The van der Waals surface area contributed by atoms with E-state index in [-0.39, 0.29) is 0 Å². The monoisotopic (exact) mass is 362 g/mol. The van der Waals surface area contributed by atoms with E-state index in [0.29, 0.717) is 11.3 Å². The molecule has 27 heavy (non-hydrogen) atoms. The molecule has 1 aliphatic carbocycles. The number of hydrogen-bond donors (Lipinski definition) is 0. The lowest BCUT2D eigenvalue weighted by Crippen LogP contribution is -2.26. The Morgan fingerprint density at radius 1 is 0.889 bits per heavy atom. The Morgan fingerprint density at radius 2 is 1.44 bits per heavy atom. The lowest BCUT2D eigenvalue weighted by molar-refractivity contribution is 0.255. The standard InChI is InChI=1S/C27H38/c1-8-13-22(2)14-9-10-15-23(3)16-11-17-24(4)19-20-26-25(5)18-12-21-27(26,6)7/h8-11,13-20,26H,12,21H2,1-7H3/b10-9+,13-8+,16-11+,20-19+,22-14+,23-15+,24-17+/t26-/m0/s1. The van der Waals surface area contributed by atoms with Crippen LogP contribution in [0.15, 0.2) is 95.2 Å². The van der Waals surface area contributed by atoms with Crippen molar-refractivity contribution in [2.75, 3.05) is 0 Å². The maximum atomic E-state index is 2.40. The van der Waals surface area contributed by atoms with Crippen LogP contribution in [0.5, 0.6) is 0 Å². The second-order valence-corrected chi connectivity index (χ2v) is 8.29. The highest BCUT2D eigenvalue weighted by Gasteiger charge is 2.30. The van der Waals surface area contributed by atoms with Gasteiger partial charge >= 0.3 is 0 Å².